The Morgan fingerprint density at radius 2 is 1.85 bits per heavy atom. The van der Waals surface area contributed by atoms with E-state index in [9.17, 15) is 18.1 Å². The van der Waals surface area contributed by atoms with Gasteiger partial charge in [-0.25, -0.2) is 4.98 Å². The topological polar surface area (TPSA) is 62.5 Å². The number of alkyl halides is 3. The van der Waals surface area contributed by atoms with E-state index in [1.807, 2.05) is 0 Å². The van der Waals surface area contributed by atoms with E-state index in [2.05, 4.69) is 10.2 Å². The molecule has 0 amide bonds. The van der Waals surface area contributed by atoms with Gasteiger partial charge in [0.15, 0.2) is 0 Å². The Labute approximate surface area is 116 Å². The molecule has 20 heavy (non-hydrogen) atoms. The average Bonchev–Trinajstić information content (AvgIpc) is 2.89. The normalized spacial score (nSPS) is 10.7. The minimum atomic E-state index is -4.34. The third-order valence-electron chi connectivity index (χ3n) is 2.23. The van der Waals surface area contributed by atoms with Crippen LogP contribution in [0.25, 0.3) is 10.6 Å². The maximum atomic E-state index is 12.4. The Morgan fingerprint density at radius 1 is 1.25 bits per heavy atom. The summed E-state index contributed by atoms with van der Waals surface area (Å²) in [6.07, 6.45) is -2.84. The first-order chi connectivity index (χ1) is 9.50. The van der Waals surface area contributed by atoms with E-state index in [0.717, 1.165) is 19.2 Å². The molecular formula is C12H11F3N2O2S. The van der Waals surface area contributed by atoms with Crippen LogP contribution in [0.5, 0.6) is 0 Å². The summed E-state index contributed by atoms with van der Waals surface area (Å²) >= 11 is 1.24. The monoisotopic (exact) mass is 304 g/mol. The summed E-state index contributed by atoms with van der Waals surface area (Å²) in [4.78, 5) is 14.8. The van der Waals surface area contributed by atoms with Gasteiger partial charge < -0.3 is 5.11 Å². The van der Waals surface area contributed by atoms with Gasteiger partial charge in [0.25, 0.3) is 0 Å². The van der Waals surface area contributed by atoms with Gasteiger partial charge in [-0.1, -0.05) is 17.3 Å². The predicted octanol–water partition coefficient (Wildman–Crippen LogP) is 3.70. The number of aliphatic hydroxyl groups is 1. The van der Waals surface area contributed by atoms with Crippen molar-refractivity contribution in [2.24, 2.45) is 5.18 Å². The number of aromatic nitrogens is 1. The van der Waals surface area contributed by atoms with Gasteiger partial charge in [0, 0.05) is 18.9 Å². The van der Waals surface area contributed by atoms with Crippen LogP contribution in [0.4, 0.5) is 13.2 Å². The number of thiazole rings is 1. The molecule has 108 valence electrons. The van der Waals surface area contributed by atoms with Crippen molar-refractivity contribution in [3.63, 3.8) is 0 Å². The van der Waals surface area contributed by atoms with Crippen LogP contribution in [0.3, 0.4) is 0 Å². The summed E-state index contributed by atoms with van der Waals surface area (Å²) in [5.74, 6) is 0. The minimum absolute atomic E-state index is 0.0261. The van der Waals surface area contributed by atoms with E-state index in [-0.39, 0.29) is 6.54 Å². The van der Waals surface area contributed by atoms with Gasteiger partial charge in [0.1, 0.15) is 11.6 Å². The zero-order valence-electron chi connectivity index (χ0n) is 10.4. The van der Waals surface area contributed by atoms with Crippen molar-refractivity contribution in [2.45, 2.75) is 12.7 Å². The number of hydrogen-bond donors (Lipinski definition) is 1. The van der Waals surface area contributed by atoms with Crippen LogP contribution in [0, 0.1) is 4.91 Å². The molecule has 2 rings (SSSR count). The number of nitroso groups, excluding NO2 is 1. The lowest BCUT2D eigenvalue weighted by Crippen LogP contribution is -2.03. The lowest BCUT2D eigenvalue weighted by atomic mass is 10.1. The first-order valence-electron chi connectivity index (χ1n) is 5.37. The van der Waals surface area contributed by atoms with Crippen LogP contribution < -0.4 is 0 Å². The van der Waals surface area contributed by atoms with Crippen LogP contribution in [-0.4, -0.2) is 17.2 Å². The van der Waals surface area contributed by atoms with E-state index >= 15 is 0 Å². The SMILES string of the molecule is CO.O=NCc1cnc(-c2ccc(C(F)(F)F)cc2)s1. The highest BCUT2D eigenvalue weighted by Crippen LogP contribution is 2.32. The zero-order chi connectivity index (χ0) is 15.2. The van der Waals surface area contributed by atoms with Crippen LogP contribution in [0.15, 0.2) is 35.6 Å². The quantitative estimate of drug-likeness (QED) is 0.879. The van der Waals surface area contributed by atoms with Crippen molar-refractivity contribution in [3.05, 3.63) is 45.8 Å². The maximum Gasteiger partial charge on any atom is 0.416 e. The fourth-order valence-corrected chi connectivity index (χ4v) is 2.21. The van der Waals surface area contributed by atoms with Crippen LogP contribution in [0.2, 0.25) is 0 Å². The molecule has 0 atom stereocenters. The van der Waals surface area contributed by atoms with E-state index in [0.29, 0.717) is 15.4 Å². The van der Waals surface area contributed by atoms with Crippen molar-refractivity contribution in [1.82, 2.24) is 4.98 Å². The fraction of sp³-hybridized carbons (Fsp3) is 0.250. The molecule has 0 saturated heterocycles. The molecule has 2 aromatic rings. The molecule has 0 spiro atoms. The summed E-state index contributed by atoms with van der Waals surface area (Å²) < 4.78 is 37.1. The number of benzene rings is 1. The molecule has 4 nitrogen and oxygen atoms in total. The van der Waals surface area contributed by atoms with Crippen molar-refractivity contribution in [1.29, 1.82) is 0 Å². The molecule has 8 heteroatoms. The lowest BCUT2D eigenvalue weighted by Gasteiger charge is -2.06. The van der Waals surface area contributed by atoms with Gasteiger partial charge in [0.2, 0.25) is 0 Å². The van der Waals surface area contributed by atoms with E-state index in [4.69, 9.17) is 5.11 Å². The first kappa shape index (κ1) is 16.3. The first-order valence-corrected chi connectivity index (χ1v) is 6.18. The summed E-state index contributed by atoms with van der Waals surface area (Å²) in [6.45, 7) is 0.0261. The number of aliphatic hydroxyl groups excluding tert-OH is 1. The zero-order valence-corrected chi connectivity index (χ0v) is 11.2. The van der Waals surface area contributed by atoms with Gasteiger partial charge in [-0.15, -0.1) is 11.3 Å². The minimum Gasteiger partial charge on any atom is -0.400 e. The second-order valence-electron chi connectivity index (χ2n) is 3.49. The Kier molecular flexibility index (Phi) is 5.78. The molecule has 1 aromatic carbocycles. The highest BCUT2D eigenvalue weighted by molar-refractivity contribution is 7.15. The van der Waals surface area contributed by atoms with E-state index in [1.54, 1.807) is 0 Å². The summed E-state index contributed by atoms with van der Waals surface area (Å²) in [5.41, 5.74) is -0.109. The molecule has 0 saturated carbocycles. The Balaban J connectivity index is 0.000000956. The molecule has 0 aliphatic rings. The van der Waals surface area contributed by atoms with Gasteiger partial charge in [-0.05, 0) is 12.1 Å². The summed E-state index contributed by atoms with van der Waals surface area (Å²) in [5, 5.41) is 10.3. The molecule has 0 radical (unpaired) electrons. The number of hydrogen-bond acceptors (Lipinski definition) is 5. The standard InChI is InChI=1S/C11H7F3N2OS.CH4O/c12-11(13,14)8-3-1-7(2-4-8)10-15-5-9(18-10)6-16-17;1-2/h1-5H,6H2;2H,1H3. The molecule has 1 N–H and O–H groups in total. The second kappa shape index (κ2) is 7.11. The molecule has 1 aromatic heterocycles. The molecule has 0 aliphatic carbocycles. The van der Waals surface area contributed by atoms with Crippen LogP contribution in [-0.2, 0) is 12.7 Å². The lowest BCUT2D eigenvalue weighted by molar-refractivity contribution is -0.137. The van der Waals surface area contributed by atoms with Gasteiger partial charge >= 0.3 is 6.18 Å². The third-order valence-corrected chi connectivity index (χ3v) is 3.26. The average molecular weight is 304 g/mol. The largest absolute Gasteiger partial charge is 0.416 e. The third kappa shape index (κ3) is 4.10. The van der Waals surface area contributed by atoms with Gasteiger partial charge in [-0.3, -0.25) is 0 Å². The van der Waals surface area contributed by atoms with E-state index in [1.165, 1.54) is 29.7 Å². The van der Waals surface area contributed by atoms with Gasteiger partial charge in [0.05, 0.1) is 10.4 Å². The highest BCUT2D eigenvalue weighted by Gasteiger charge is 2.30. The van der Waals surface area contributed by atoms with Crippen molar-refractivity contribution in [2.75, 3.05) is 7.11 Å². The molecule has 0 unspecified atom stereocenters. The van der Waals surface area contributed by atoms with Gasteiger partial charge in [-0.2, -0.15) is 18.1 Å². The molecule has 0 fully saturated rings. The van der Waals surface area contributed by atoms with Crippen molar-refractivity contribution < 1.29 is 18.3 Å². The number of nitrogens with zero attached hydrogens (tertiary/aromatic N) is 2. The Bertz CT molecular complexity index is 553. The Morgan fingerprint density at radius 3 is 2.35 bits per heavy atom. The summed E-state index contributed by atoms with van der Waals surface area (Å²) in [6, 6.07) is 4.74. The van der Waals surface area contributed by atoms with Crippen LogP contribution >= 0.6 is 11.3 Å². The van der Waals surface area contributed by atoms with Crippen LogP contribution in [0.1, 0.15) is 10.4 Å². The van der Waals surface area contributed by atoms with Crippen molar-refractivity contribution >= 4 is 11.3 Å². The second-order valence-corrected chi connectivity index (χ2v) is 4.61. The number of halogens is 3. The van der Waals surface area contributed by atoms with Crippen molar-refractivity contribution in [3.8, 4) is 10.6 Å². The molecule has 0 aliphatic heterocycles. The summed E-state index contributed by atoms with van der Waals surface area (Å²) in [7, 11) is 1.00. The Hall–Kier alpha value is -1.80. The predicted molar refractivity (Wildman–Crippen MR) is 70.2 cm³/mol. The smallest absolute Gasteiger partial charge is 0.400 e. The highest BCUT2D eigenvalue weighted by atomic mass is 32.1. The fourth-order valence-electron chi connectivity index (χ4n) is 1.38. The van der Waals surface area contributed by atoms with E-state index < -0.39 is 11.7 Å². The molecule has 0 bridgehead atoms. The number of rotatable bonds is 3. The molecule has 1 heterocycles. The maximum absolute atomic E-state index is 12.4. The molecular weight excluding hydrogens is 293 g/mol.